The molecule has 1 atom stereocenters. The first kappa shape index (κ1) is 20.4. The van der Waals surface area contributed by atoms with Crippen molar-refractivity contribution >= 4 is 26.0 Å². The molecule has 5 rings (SSSR count). The van der Waals surface area contributed by atoms with Crippen LogP contribution in [0.2, 0.25) is 3.67 Å². The fourth-order valence-corrected chi connectivity index (χ4v) is 28.5. The molecule has 0 nitrogen and oxygen atoms in total. The van der Waals surface area contributed by atoms with Crippen LogP contribution < -0.4 is 0 Å². The Balaban J connectivity index is 1.80. The van der Waals surface area contributed by atoms with Gasteiger partial charge in [-0.2, -0.15) is 0 Å². The van der Waals surface area contributed by atoms with E-state index in [-0.39, 0.29) is 7.35 Å². The average Bonchev–Trinajstić information content (AvgIpc) is 3.39. The summed E-state index contributed by atoms with van der Waals surface area (Å²) in [5.74, 6) is 0. The van der Waals surface area contributed by atoms with E-state index in [1.54, 1.807) is 0 Å². The van der Waals surface area contributed by atoms with Crippen LogP contribution in [0.3, 0.4) is 0 Å². The van der Waals surface area contributed by atoms with Gasteiger partial charge in [-0.1, -0.05) is 0 Å². The van der Waals surface area contributed by atoms with Crippen molar-refractivity contribution in [2.45, 2.75) is 21.2 Å². The van der Waals surface area contributed by atoms with Crippen molar-refractivity contribution in [1.29, 1.82) is 0 Å². The molecule has 3 heteroatoms. The molecule has 0 spiro atoms. The van der Waals surface area contributed by atoms with E-state index >= 15 is 0 Å². The van der Waals surface area contributed by atoms with Gasteiger partial charge in [0.05, 0.1) is 0 Å². The van der Waals surface area contributed by atoms with E-state index in [1.165, 1.54) is 36.6 Å². The van der Waals surface area contributed by atoms with Gasteiger partial charge in [0, 0.05) is 0 Å². The number of allylic oxidation sites excluding steroid dienone is 4. The molecule has 3 aromatic carbocycles. The minimum atomic E-state index is -4.84. The summed E-state index contributed by atoms with van der Waals surface area (Å²) in [5, 5.41) is 0. The summed E-state index contributed by atoms with van der Waals surface area (Å²) in [6, 6.07) is 27.9. The number of fused-ring (bicyclic) bond motifs is 3. The zero-order valence-electron chi connectivity index (χ0n) is 17.1. The average molecular weight is 598 g/mol. The van der Waals surface area contributed by atoms with E-state index in [9.17, 15) is 0 Å². The van der Waals surface area contributed by atoms with Crippen LogP contribution in [0.1, 0.15) is 34.2 Å². The Bertz CT molecular complexity index is 1230. The summed E-state index contributed by atoms with van der Waals surface area (Å²) < 4.78 is 1.30. The molecule has 0 saturated heterocycles. The van der Waals surface area contributed by atoms with Gasteiger partial charge in [-0.25, -0.2) is 0 Å². The second-order valence-corrected chi connectivity index (χ2v) is 39.7. The number of rotatable bonds is 3. The topological polar surface area (TPSA) is 0 Å². The molecule has 0 bridgehead atoms. The summed E-state index contributed by atoms with van der Waals surface area (Å²) in [6.45, 7) is 4.32. The van der Waals surface area contributed by atoms with E-state index in [0.29, 0.717) is 0 Å². The van der Waals surface area contributed by atoms with Gasteiger partial charge in [0.25, 0.3) is 0 Å². The molecule has 1 unspecified atom stereocenters. The quantitative estimate of drug-likeness (QED) is 0.266. The van der Waals surface area contributed by atoms with Gasteiger partial charge in [0.1, 0.15) is 0 Å². The van der Waals surface area contributed by atoms with Crippen LogP contribution in [0.5, 0.6) is 0 Å². The second kappa shape index (κ2) is 7.26. The van der Waals surface area contributed by atoms with Crippen molar-refractivity contribution in [3.05, 3.63) is 114 Å². The monoisotopic (exact) mass is 598 g/mol. The Labute approximate surface area is 186 Å². The zero-order valence-corrected chi connectivity index (χ0v) is 22.3. The number of benzene rings is 3. The Hall–Kier alpha value is -1.54. The number of hydrogen-bond acceptors (Lipinski definition) is 0. The molecule has 0 N–H and O–H groups in total. The predicted molar refractivity (Wildman–Crippen MR) is 129 cm³/mol. The normalized spacial score (nSPS) is 18.2. The van der Waals surface area contributed by atoms with Gasteiger partial charge in [0.15, 0.2) is 0 Å². The summed E-state index contributed by atoms with van der Waals surface area (Å²) >= 11 is -4.84. The van der Waals surface area contributed by atoms with Crippen molar-refractivity contribution in [2.75, 3.05) is 0 Å². The summed E-state index contributed by atoms with van der Waals surface area (Å²) in [6.07, 6.45) is 6.61. The fourth-order valence-electron chi connectivity index (χ4n) is 5.35. The molecule has 0 radical (unpaired) electrons. The van der Waals surface area contributed by atoms with Crippen LogP contribution in [0.15, 0.2) is 97.1 Å². The maximum absolute atomic E-state index is 8.00. The summed E-state index contributed by atoms with van der Waals surface area (Å²) in [7, 11) is 16.0. The first-order chi connectivity index (χ1) is 14.4. The molecule has 0 saturated carbocycles. The summed E-state index contributed by atoms with van der Waals surface area (Å²) in [5.41, 5.74) is 7.57. The van der Waals surface area contributed by atoms with Crippen molar-refractivity contribution in [3.8, 4) is 11.1 Å². The van der Waals surface area contributed by atoms with E-state index < -0.39 is 15.7 Å². The van der Waals surface area contributed by atoms with E-state index in [0.717, 1.165) is 0 Å². The Morgan fingerprint density at radius 1 is 0.733 bits per heavy atom. The van der Waals surface area contributed by atoms with E-state index in [2.05, 4.69) is 111 Å². The van der Waals surface area contributed by atoms with Crippen molar-refractivity contribution < 1.29 is 15.7 Å². The van der Waals surface area contributed by atoms with Gasteiger partial charge in [-0.05, 0) is 0 Å². The standard InChI is InChI=1S/C13H9.C11H9.C3H6.2ClH.Hf/c1-3-7-12-10(5-1)9-11-6-2-4-8-13(11)12;1-2-6-10(7-3-1)11-8-4-5-9-11;1-3-2;;;/h1-9H;1-9H;1-2H3;2*1H;/q;;;;;+2/p-2. The van der Waals surface area contributed by atoms with Gasteiger partial charge in [-0.3, -0.25) is 0 Å². The van der Waals surface area contributed by atoms with Crippen LogP contribution in [-0.4, -0.2) is 3.26 Å². The number of hydrogen-bond donors (Lipinski definition) is 0. The SMILES string of the molecule is C[C](C)=[Hf]([Cl])([Cl])([CH]1C=CC=C1c1ccccc1)[CH]1c2ccccc2-c2ccccc21. The summed E-state index contributed by atoms with van der Waals surface area (Å²) in [4.78, 5) is 0. The fraction of sp³-hybridized carbons (Fsp3) is 0.148. The molecular weight excluding hydrogens is 574 g/mol. The molecule has 150 valence electrons. The van der Waals surface area contributed by atoms with E-state index in [1.807, 2.05) is 0 Å². The third-order valence-electron chi connectivity index (χ3n) is 6.91. The van der Waals surface area contributed by atoms with Crippen LogP contribution in [0, 0.1) is 0 Å². The molecule has 0 aliphatic heterocycles. The third kappa shape index (κ3) is 2.79. The molecule has 0 aromatic heterocycles. The third-order valence-corrected chi connectivity index (χ3v) is 39.3. The molecule has 2 aliphatic rings. The predicted octanol–water partition coefficient (Wildman–Crippen LogP) is 8.41. The van der Waals surface area contributed by atoms with Crippen LogP contribution >= 0.6 is 17.2 Å². The molecule has 30 heavy (non-hydrogen) atoms. The first-order valence-corrected chi connectivity index (χ1v) is 25.3. The zero-order chi connectivity index (χ0) is 21.0. The number of halogens is 2. The van der Waals surface area contributed by atoms with Crippen LogP contribution in [-0.2, 0) is 15.7 Å². The van der Waals surface area contributed by atoms with Gasteiger partial charge >= 0.3 is 188 Å². The second-order valence-electron chi connectivity index (χ2n) is 8.61. The molecule has 2 aliphatic carbocycles. The maximum atomic E-state index is 8.00. The Kier molecular flexibility index (Phi) is 4.93. The van der Waals surface area contributed by atoms with Gasteiger partial charge in [0.2, 0.25) is 0 Å². The Morgan fingerprint density at radius 3 is 1.83 bits per heavy atom. The van der Waals surface area contributed by atoms with E-state index in [4.69, 9.17) is 17.2 Å². The minimum absolute atomic E-state index is 0.0435. The van der Waals surface area contributed by atoms with Gasteiger partial charge < -0.3 is 0 Å². The van der Waals surface area contributed by atoms with Gasteiger partial charge in [-0.15, -0.1) is 0 Å². The Morgan fingerprint density at radius 2 is 1.27 bits per heavy atom. The molecule has 3 aromatic rings. The van der Waals surface area contributed by atoms with Crippen molar-refractivity contribution in [3.63, 3.8) is 0 Å². The molecular formula is C27H24Cl2Hf. The molecule has 0 amide bonds. The molecule has 0 fully saturated rings. The van der Waals surface area contributed by atoms with Crippen molar-refractivity contribution in [1.82, 2.24) is 0 Å². The first-order valence-electron chi connectivity index (χ1n) is 10.4. The van der Waals surface area contributed by atoms with Crippen LogP contribution in [0.25, 0.3) is 16.7 Å². The van der Waals surface area contributed by atoms with Crippen molar-refractivity contribution in [2.24, 2.45) is 0 Å². The molecule has 0 heterocycles. The van der Waals surface area contributed by atoms with Crippen LogP contribution in [0.4, 0.5) is 0 Å².